The van der Waals surface area contributed by atoms with Crippen LogP contribution in [0.2, 0.25) is 0 Å². The van der Waals surface area contributed by atoms with Crippen molar-refractivity contribution in [2.24, 2.45) is 10.9 Å². The van der Waals surface area contributed by atoms with Gasteiger partial charge in [0.05, 0.1) is 0 Å². The van der Waals surface area contributed by atoms with Crippen LogP contribution in [0.3, 0.4) is 0 Å². The highest BCUT2D eigenvalue weighted by Gasteiger charge is 2.22. The first-order valence-corrected chi connectivity index (χ1v) is 8.13. The lowest BCUT2D eigenvalue weighted by atomic mass is 10.1. The fourth-order valence-corrected chi connectivity index (χ4v) is 2.52. The van der Waals surface area contributed by atoms with Crippen molar-refractivity contribution in [3.63, 3.8) is 0 Å². The molecule has 116 valence electrons. The minimum atomic E-state index is 0.619. The zero-order valence-electron chi connectivity index (χ0n) is 13.4. The molecule has 5 heteroatoms. The van der Waals surface area contributed by atoms with E-state index >= 15 is 0 Å². The molecule has 0 radical (unpaired) electrons. The Kier molecular flexibility index (Phi) is 6.10. The average Bonchev–Trinajstić information content (AvgIpc) is 3.23. The second-order valence-corrected chi connectivity index (χ2v) is 6.35. The Morgan fingerprint density at radius 2 is 1.95 bits per heavy atom. The maximum Gasteiger partial charge on any atom is 0.191 e. The molecule has 1 heterocycles. The molecule has 1 aliphatic heterocycles. The lowest BCUT2D eigenvalue weighted by Gasteiger charge is -2.33. The van der Waals surface area contributed by atoms with Crippen LogP contribution >= 0.6 is 0 Å². The highest BCUT2D eigenvalue weighted by Crippen LogP contribution is 2.18. The molecule has 0 aromatic rings. The number of hydrogen-bond acceptors (Lipinski definition) is 3. The van der Waals surface area contributed by atoms with Crippen LogP contribution in [0.1, 0.15) is 26.7 Å². The SMILES string of the molecule is CCNC(=NCC(C)CN1CCN(C)CC1)NC1CC1. The van der Waals surface area contributed by atoms with E-state index in [1.165, 1.54) is 45.6 Å². The fraction of sp³-hybridized carbons (Fsp3) is 0.933. The van der Waals surface area contributed by atoms with Gasteiger partial charge in [-0.25, -0.2) is 0 Å². The first kappa shape index (κ1) is 15.6. The number of likely N-dealkylation sites (N-methyl/N-ethyl adjacent to an activating group) is 1. The minimum Gasteiger partial charge on any atom is -0.357 e. The molecule has 2 aliphatic rings. The van der Waals surface area contributed by atoms with Crippen molar-refractivity contribution in [1.82, 2.24) is 20.4 Å². The molecule has 5 nitrogen and oxygen atoms in total. The summed E-state index contributed by atoms with van der Waals surface area (Å²) in [6, 6.07) is 0.667. The Labute approximate surface area is 123 Å². The summed E-state index contributed by atoms with van der Waals surface area (Å²) >= 11 is 0. The molecule has 1 aliphatic carbocycles. The third-order valence-corrected chi connectivity index (χ3v) is 3.99. The summed E-state index contributed by atoms with van der Waals surface area (Å²) in [6.45, 7) is 12.2. The molecule has 0 spiro atoms. The van der Waals surface area contributed by atoms with Crippen LogP contribution in [0.5, 0.6) is 0 Å². The molecule has 1 saturated carbocycles. The van der Waals surface area contributed by atoms with E-state index in [9.17, 15) is 0 Å². The molecule has 1 atom stereocenters. The Balaban J connectivity index is 1.69. The third kappa shape index (κ3) is 5.67. The van der Waals surface area contributed by atoms with Gasteiger partial charge in [0.1, 0.15) is 0 Å². The second kappa shape index (κ2) is 7.84. The fourth-order valence-electron chi connectivity index (χ4n) is 2.52. The van der Waals surface area contributed by atoms with E-state index in [4.69, 9.17) is 4.99 Å². The Hall–Kier alpha value is -0.810. The Bertz CT molecular complexity index is 305. The number of nitrogens with one attached hydrogen (secondary N) is 2. The number of aliphatic imine (C=N–C) groups is 1. The zero-order chi connectivity index (χ0) is 14.4. The summed E-state index contributed by atoms with van der Waals surface area (Å²) in [7, 11) is 2.21. The molecule has 2 N–H and O–H groups in total. The maximum atomic E-state index is 4.73. The van der Waals surface area contributed by atoms with E-state index in [0.717, 1.165) is 19.0 Å². The molecule has 1 unspecified atom stereocenters. The standard InChI is InChI=1S/C15H31N5/c1-4-16-15(18-14-5-6-14)17-11-13(2)12-20-9-7-19(3)8-10-20/h13-14H,4-12H2,1-3H3,(H2,16,17,18). The average molecular weight is 281 g/mol. The van der Waals surface area contributed by atoms with Gasteiger partial charge < -0.3 is 20.4 Å². The van der Waals surface area contributed by atoms with Gasteiger partial charge in [0.25, 0.3) is 0 Å². The monoisotopic (exact) mass is 281 g/mol. The molecule has 0 amide bonds. The van der Waals surface area contributed by atoms with E-state index in [1.54, 1.807) is 0 Å². The van der Waals surface area contributed by atoms with Crippen molar-refractivity contribution in [2.45, 2.75) is 32.7 Å². The first-order valence-electron chi connectivity index (χ1n) is 8.13. The van der Waals surface area contributed by atoms with Gasteiger partial charge in [-0.05, 0) is 32.7 Å². The molecule has 20 heavy (non-hydrogen) atoms. The zero-order valence-corrected chi connectivity index (χ0v) is 13.4. The van der Waals surface area contributed by atoms with Crippen molar-refractivity contribution in [1.29, 1.82) is 0 Å². The quantitative estimate of drug-likeness (QED) is 0.552. The van der Waals surface area contributed by atoms with Crippen molar-refractivity contribution in [3.05, 3.63) is 0 Å². The lowest BCUT2D eigenvalue weighted by molar-refractivity contribution is 0.140. The number of rotatable bonds is 6. The molecule has 0 aromatic heterocycles. The maximum absolute atomic E-state index is 4.73. The van der Waals surface area contributed by atoms with Gasteiger partial charge in [-0.15, -0.1) is 0 Å². The van der Waals surface area contributed by atoms with Crippen LogP contribution in [0.25, 0.3) is 0 Å². The smallest absolute Gasteiger partial charge is 0.191 e. The lowest BCUT2D eigenvalue weighted by Crippen LogP contribution is -2.46. The van der Waals surface area contributed by atoms with Gasteiger partial charge in [0.2, 0.25) is 0 Å². The summed E-state index contributed by atoms with van der Waals surface area (Å²) in [4.78, 5) is 9.71. The summed E-state index contributed by atoms with van der Waals surface area (Å²) < 4.78 is 0. The summed E-state index contributed by atoms with van der Waals surface area (Å²) in [6.07, 6.45) is 2.59. The number of hydrogen-bond donors (Lipinski definition) is 2. The van der Waals surface area contributed by atoms with Crippen LogP contribution < -0.4 is 10.6 Å². The minimum absolute atomic E-state index is 0.619. The second-order valence-electron chi connectivity index (χ2n) is 6.35. The molecule has 1 saturated heterocycles. The molecular formula is C15H31N5. The Morgan fingerprint density at radius 3 is 2.55 bits per heavy atom. The van der Waals surface area contributed by atoms with Crippen molar-refractivity contribution in [2.75, 3.05) is 52.9 Å². The highest BCUT2D eigenvalue weighted by molar-refractivity contribution is 5.80. The summed E-state index contributed by atoms with van der Waals surface area (Å²) in [5.41, 5.74) is 0. The Morgan fingerprint density at radius 1 is 1.25 bits per heavy atom. The normalized spacial score (nSPS) is 23.6. The summed E-state index contributed by atoms with van der Waals surface area (Å²) in [5.74, 6) is 1.62. The van der Waals surface area contributed by atoms with Gasteiger partial charge in [-0.1, -0.05) is 6.92 Å². The van der Waals surface area contributed by atoms with Crippen molar-refractivity contribution in [3.8, 4) is 0 Å². The van der Waals surface area contributed by atoms with Crippen LogP contribution in [0, 0.1) is 5.92 Å². The van der Waals surface area contributed by atoms with Crippen LogP contribution in [-0.4, -0.2) is 74.7 Å². The topological polar surface area (TPSA) is 42.9 Å². The van der Waals surface area contributed by atoms with E-state index in [0.29, 0.717) is 12.0 Å². The van der Waals surface area contributed by atoms with Crippen LogP contribution in [-0.2, 0) is 0 Å². The van der Waals surface area contributed by atoms with Gasteiger partial charge >= 0.3 is 0 Å². The van der Waals surface area contributed by atoms with E-state index in [-0.39, 0.29) is 0 Å². The van der Waals surface area contributed by atoms with E-state index < -0.39 is 0 Å². The summed E-state index contributed by atoms with van der Waals surface area (Å²) in [5, 5.41) is 6.81. The third-order valence-electron chi connectivity index (χ3n) is 3.99. The van der Waals surface area contributed by atoms with E-state index in [1.807, 2.05) is 0 Å². The number of nitrogens with zero attached hydrogens (tertiary/aromatic N) is 3. The van der Waals surface area contributed by atoms with E-state index in [2.05, 4.69) is 41.3 Å². The van der Waals surface area contributed by atoms with Gasteiger partial charge in [0.15, 0.2) is 5.96 Å². The number of piperazine rings is 1. The van der Waals surface area contributed by atoms with Crippen molar-refractivity contribution < 1.29 is 0 Å². The van der Waals surface area contributed by atoms with Crippen molar-refractivity contribution >= 4 is 5.96 Å². The first-order chi connectivity index (χ1) is 9.67. The van der Waals surface area contributed by atoms with Gasteiger partial charge in [-0.2, -0.15) is 0 Å². The predicted octanol–water partition coefficient (Wildman–Crippen LogP) is 0.587. The molecule has 2 fully saturated rings. The van der Waals surface area contributed by atoms with Crippen LogP contribution in [0.15, 0.2) is 4.99 Å². The molecule has 0 aromatic carbocycles. The predicted molar refractivity (Wildman–Crippen MR) is 85.2 cm³/mol. The molecule has 0 bridgehead atoms. The molecular weight excluding hydrogens is 250 g/mol. The van der Waals surface area contributed by atoms with Crippen LogP contribution in [0.4, 0.5) is 0 Å². The van der Waals surface area contributed by atoms with Gasteiger partial charge in [0, 0.05) is 51.9 Å². The highest BCUT2D eigenvalue weighted by atomic mass is 15.2. The largest absolute Gasteiger partial charge is 0.357 e. The molecule has 2 rings (SSSR count). The number of guanidine groups is 1. The van der Waals surface area contributed by atoms with Gasteiger partial charge in [-0.3, -0.25) is 4.99 Å².